The highest BCUT2D eigenvalue weighted by Crippen LogP contribution is 2.25. The van der Waals surface area contributed by atoms with Gasteiger partial charge in [0, 0.05) is 4.47 Å². The minimum atomic E-state index is 0.0211. The maximum atomic E-state index is 8.87. The minimum Gasteiger partial charge on any atom is -0.488 e. The van der Waals surface area contributed by atoms with Crippen molar-refractivity contribution >= 4 is 21.8 Å². The molecule has 0 saturated heterocycles. The van der Waals surface area contributed by atoms with E-state index in [2.05, 4.69) is 47.1 Å². The van der Waals surface area contributed by atoms with Crippen molar-refractivity contribution in [2.24, 2.45) is 10.9 Å². The molecule has 110 valence electrons. The maximum Gasteiger partial charge on any atom is 0.173 e. The number of oxime groups is 1. The van der Waals surface area contributed by atoms with Crippen LogP contribution in [0.4, 0.5) is 0 Å². The van der Waals surface area contributed by atoms with Crippen LogP contribution in [0.5, 0.6) is 5.75 Å². The molecule has 4 nitrogen and oxygen atoms in total. The third-order valence-electron chi connectivity index (χ3n) is 3.34. The number of hydrogen-bond acceptors (Lipinski definition) is 3. The van der Waals surface area contributed by atoms with Crippen LogP contribution >= 0.6 is 15.9 Å². The number of nitrogens with two attached hydrogens (primary N) is 1. The first-order chi connectivity index (χ1) is 10.0. The Balaban J connectivity index is 2.28. The van der Waals surface area contributed by atoms with Crippen LogP contribution in [-0.4, -0.2) is 11.0 Å². The van der Waals surface area contributed by atoms with E-state index in [1.807, 2.05) is 12.1 Å². The third kappa shape index (κ3) is 3.55. The number of ether oxygens (including phenoxy) is 1. The van der Waals surface area contributed by atoms with Gasteiger partial charge >= 0.3 is 0 Å². The van der Waals surface area contributed by atoms with Gasteiger partial charge in [-0.05, 0) is 48.7 Å². The van der Waals surface area contributed by atoms with Crippen molar-refractivity contribution in [1.82, 2.24) is 0 Å². The number of hydrogen-bond donors (Lipinski definition) is 2. The fourth-order valence-corrected chi connectivity index (χ4v) is 2.47. The zero-order chi connectivity index (χ0) is 15.4. The molecule has 3 N–H and O–H groups in total. The van der Waals surface area contributed by atoms with Crippen LogP contribution in [0.3, 0.4) is 0 Å². The fourth-order valence-electron chi connectivity index (χ4n) is 2.11. The molecule has 0 radical (unpaired) electrons. The predicted molar refractivity (Wildman–Crippen MR) is 86.9 cm³/mol. The highest BCUT2D eigenvalue weighted by atomic mass is 79.9. The molecule has 0 aliphatic heterocycles. The van der Waals surface area contributed by atoms with Crippen molar-refractivity contribution in [3.05, 3.63) is 63.1 Å². The summed E-state index contributed by atoms with van der Waals surface area (Å²) in [5, 5.41) is 11.9. The summed E-state index contributed by atoms with van der Waals surface area (Å²) in [6.07, 6.45) is 0. The molecule has 2 aromatic carbocycles. The molecule has 0 aliphatic carbocycles. The van der Waals surface area contributed by atoms with Gasteiger partial charge in [0.05, 0.1) is 5.56 Å². The number of rotatable bonds is 4. The number of aryl methyl sites for hydroxylation is 2. The minimum absolute atomic E-state index is 0.0211. The topological polar surface area (TPSA) is 67.8 Å². The van der Waals surface area contributed by atoms with Crippen LogP contribution < -0.4 is 10.5 Å². The first kappa shape index (κ1) is 15.4. The van der Waals surface area contributed by atoms with Crippen LogP contribution in [-0.2, 0) is 6.61 Å². The van der Waals surface area contributed by atoms with Gasteiger partial charge < -0.3 is 15.7 Å². The Kier molecular flexibility index (Phi) is 4.85. The molecule has 0 spiro atoms. The highest BCUT2D eigenvalue weighted by molar-refractivity contribution is 9.10. The Hall–Kier alpha value is -2.01. The van der Waals surface area contributed by atoms with E-state index >= 15 is 0 Å². The quantitative estimate of drug-likeness (QED) is 0.382. The molecule has 2 aromatic rings. The lowest BCUT2D eigenvalue weighted by atomic mass is 10.0. The lowest BCUT2D eigenvalue weighted by Gasteiger charge is -2.14. The van der Waals surface area contributed by atoms with Gasteiger partial charge in [-0.15, -0.1) is 0 Å². The second-order valence-corrected chi connectivity index (χ2v) is 5.70. The van der Waals surface area contributed by atoms with Crippen molar-refractivity contribution in [3.63, 3.8) is 0 Å². The SMILES string of the molecule is Cc1cccc(C)c1COc1ccc(Br)cc1/C(N)=N/O. The van der Waals surface area contributed by atoms with Crippen molar-refractivity contribution in [1.29, 1.82) is 0 Å². The first-order valence-corrected chi connectivity index (χ1v) is 7.27. The molecule has 0 saturated carbocycles. The zero-order valence-electron chi connectivity index (χ0n) is 11.9. The molecule has 5 heteroatoms. The second kappa shape index (κ2) is 6.63. The number of benzene rings is 2. The van der Waals surface area contributed by atoms with Crippen LogP contribution in [0.2, 0.25) is 0 Å². The smallest absolute Gasteiger partial charge is 0.173 e. The third-order valence-corrected chi connectivity index (χ3v) is 3.84. The van der Waals surface area contributed by atoms with Gasteiger partial charge in [-0.25, -0.2) is 0 Å². The molecular formula is C16H17BrN2O2. The Morgan fingerprint density at radius 3 is 2.52 bits per heavy atom. The van der Waals surface area contributed by atoms with E-state index in [-0.39, 0.29) is 5.84 Å². The van der Waals surface area contributed by atoms with Crippen LogP contribution in [0.15, 0.2) is 46.0 Å². The van der Waals surface area contributed by atoms with Crippen molar-refractivity contribution in [2.45, 2.75) is 20.5 Å². The predicted octanol–water partition coefficient (Wildman–Crippen LogP) is 3.74. The molecule has 0 aromatic heterocycles. The molecule has 0 heterocycles. The largest absolute Gasteiger partial charge is 0.488 e. The molecule has 0 amide bonds. The van der Waals surface area contributed by atoms with Gasteiger partial charge in [0.1, 0.15) is 12.4 Å². The zero-order valence-corrected chi connectivity index (χ0v) is 13.5. The van der Waals surface area contributed by atoms with E-state index in [4.69, 9.17) is 15.7 Å². The van der Waals surface area contributed by atoms with Crippen LogP contribution in [0.1, 0.15) is 22.3 Å². The molecule has 0 fully saturated rings. The van der Waals surface area contributed by atoms with Crippen LogP contribution in [0.25, 0.3) is 0 Å². The Bertz CT molecular complexity index is 664. The average Bonchev–Trinajstić information content (AvgIpc) is 2.47. The number of amidine groups is 1. The normalized spacial score (nSPS) is 11.5. The summed E-state index contributed by atoms with van der Waals surface area (Å²) < 4.78 is 6.71. The molecular weight excluding hydrogens is 332 g/mol. The monoisotopic (exact) mass is 348 g/mol. The molecule has 0 aliphatic rings. The summed E-state index contributed by atoms with van der Waals surface area (Å²) in [5.41, 5.74) is 9.75. The molecule has 2 rings (SSSR count). The summed E-state index contributed by atoms with van der Waals surface area (Å²) in [6.45, 7) is 4.54. The standard InChI is InChI=1S/C16H17BrN2O2/c1-10-4-3-5-11(2)14(10)9-21-15-7-6-12(17)8-13(15)16(18)19-20/h3-8,20H,9H2,1-2H3,(H2,18,19). The number of halogens is 1. The Labute approximate surface area is 132 Å². The maximum absolute atomic E-state index is 8.87. The van der Waals surface area contributed by atoms with E-state index in [1.54, 1.807) is 12.1 Å². The average molecular weight is 349 g/mol. The lowest BCUT2D eigenvalue weighted by Crippen LogP contribution is -2.15. The van der Waals surface area contributed by atoms with Crippen molar-refractivity contribution < 1.29 is 9.94 Å². The fraction of sp³-hybridized carbons (Fsp3) is 0.188. The summed E-state index contributed by atoms with van der Waals surface area (Å²) in [5.74, 6) is 0.601. The molecule has 21 heavy (non-hydrogen) atoms. The van der Waals surface area contributed by atoms with Gasteiger partial charge in [0.15, 0.2) is 5.84 Å². The summed E-state index contributed by atoms with van der Waals surface area (Å²) in [7, 11) is 0. The van der Waals surface area contributed by atoms with Gasteiger partial charge in [-0.1, -0.05) is 39.3 Å². The van der Waals surface area contributed by atoms with Gasteiger partial charge in [0.2, 0.25) is 0 Å². The van der Waals surface area contributed by atoms with E-state index in [0.29, 0.717) is 17.9 Å². The highest BCUT2D eigenvalue weighted by Gasteiger charge is 2.11. The van der Waals surface area contributed by atoms with Crippen molar-refractivity contribution in [3.8, 4) is 5.75 Å². The first-order valence-electron chi connectivity index (χ1n) is 6.48. The molecule has 0 bridgehead atoms. The van der Waals surface area contributed by atoms with E-state index < -0.39 is 0 Å². The van der Waals surface area contributed by atoms with Crippen LogP contribution in [0, 0.1) is 13.8 Å². The Morgan fingerprint density at radius 1 is 1.24 bits per heavy atom. The summed E-state index contributed by atoms with van der Waals surface area (Å²) in [4.78, 5) is 0. The van der Waals surface area contributed by atoms with E-state index in [9.17, 15) is 0 Å². The number of nitrogens with zero attached hydrogens (tertiary/aromatic N) is 1. The van der Waals surface area contributed by atoms with Gasteiger partial charge in [-0.3, -0.25) is 0 Å². The van der Waals surface area contributed by atoms with Gasteiger partial charge in [0.25, 0.3) is 0 Å². The molecule has 0 unspecified atom stereocenters. The van der Waals surface area contributed by atoms with E-state index in [1.165, 1.54) is 11.1 Å². The second-order valence-electron chi connectivity index (χ2n) is 4.78. The summed E-state index contributed by atoms with van der Waals surface area (Å²) in [6, 6.07) is 11.5. The van der Waals surface area contributed by atoms with E-state index in [0.717, 1.165) is 10.0 Å². The summed E-state index contributed by atoms with van der Waals surface area (Å²) >= 11 is 3.37. The van der Waals surface area contributed by atoms with Crippen molar-refractivity contribution in [2.75, 3.05) is 0 Å². The Morgan fingerprint density at radius 2 is 1.90 bits per heavy atom. The molecule has 0 atom stereocenters. The van der Waals surface area contributed by atoms with Gasteiger partial charge in [-0.2, -0.15) is 0 Å². The lowest BCUT2D eigenvalue weighted by molar-refractivity contribution is 0.301.